The fourth-order valence-electron chi connectivity index (χ4n) is 1.98. The van der Waals surface area contributed by atoms with Crippen molar-refractivity contribution >= 4 is 5.69 Å². The van der Waals surface area contributed by atoms with E-state index in [1.54, 1.807) is 0 Å². The summed E-state index contributed by atoms with van der Waals surface area (Å²) in [7, 11) is 0. The Morgan fingerprint density at radius 3 is 2.62 bits per heavy atom. The molecule has 0 spiro atoms. The Labute approximate surface area is 95.3 Å². The zero-order valence-electron chi connectivity index (χ0n) is 9.13. The molecule has 1 aliphatic heterocycles. The zero-order chi connectivity index (χ0) is 11.4. The predicted octanol–water partition coefficient (Wildman–Crippen LogP) is 0.182. The van der Waals surface area contributed by atoms with Gasteiger partial charge >= 0.3 is 0 Å². The third kappa shape index (κ3) is 2.72. The summed E-state index contributed by atoms with van der Waals surface area (Å²) >= 11 is 0. The van der Waals surface area contributed by atoms with Crippen molar-refractivity contribution in [2.45, 2.75) is 24.7 Å². The van der Waals surface area contributed by atoms with Crippen LogP contribution in [0.2, 0.25) is 0 Å². The highest BCUT2D eigenvalue weighted by Crippen LogP contribution is 2.12. The fourth-order valence-corrected chi connectivity index (χ4v) is 1.98. The summed E-state index contributed by atoms with van der Waals surface area (Å²) in [6.45, 7) is 1.27. The first-order valence-electron chi connectivity index (χ1n) is 5.66. The minimum Gasteiger partial charge on any atom is -0.389 e. The Bertz CT molecular complexity index is 318. The van der Waals surface area contributed by atoms with Crippen molar-refractivity contribution in [3.8, 4) is 0 Å². The molecule has 0 saturated carbocycles. The molecular weight excluding hydrogens is 204 g/mol. The first-order valence-corrected chi connectivity index (χ1v) is 5.66. The number of hydrogen-bond donors (Lipinski definition) is 4. The molecule has 1 aliphatic rings. The summed E-state index contributed by atoms with van der Waals surface area (Å²) in [5, 5.41) is 25.3. The molecule has 16 heavy (non-hydrogen) atoms. The van der Waals surface area contributed by atoms with Gasteiger partial charge < -0.3 is 20.8 Å². The molecule has 0 aliphatic carbocycles. The quantitative estimate of drug-likeness (QED) is 0.587. The molecule has 4 nitrogen and oxygen atoms in total. The van der Waals surface area contributed by atoms with Crippen LogP contribution in [0.4, 0.5) is 5.69 Å². The average Bonchev–Trinajstić information content (AvgIpc) is 2.62. The third-order valence-electron chi connectivity index (χ3n) is 2.95. The Hall–Kier alpha value is -1.10. The van der Waals surface area contributed by atoms with Crippen LogP contribution in [0.15, 0.2) is 30.3 Å². The van der Waals surface area contributed by atoms with Crippen LogP contribution < -0.4 is 10.6 Å². The van der Waals surface area contributed by atoms with Gasteiger partial charge in [-0.15, -0.1) is 0 Å². The number of anilines is 1. The standard InChI is InChI=1S/C12H18N2O2/c15-11-8-14-10(12(11)16)6-7-13-9-4-2-1-3-5-9/h1-5,10-16H,6-8H2/t10-,11+,12-/m1/s1. The van der Waals surface area contributed by atoms with Gasteiger partial charge in [0, 0.05) is 24.8 Å². The number of hydrogen-bond acceptors (Lipinski definition) is 4. The van der Waals surface area contributed by atoms with Crippen molar-refractivity contribution < 1.29 is 10.2 Å². The monoisotopic (exact) mass is 222 g/mol. The lowest BCUT2D eigenvalue weighted by molar-refractivity contribution is 0.0399. The zero-order valence-corrected chi connectivity index (χ0v) is 9.13. The molecule has 1 heterocycles. The molecule has 3 atom stereocenters. The van der Waals surface area contributed by atoms with Gasteiger partial charge in [0.1, 0.15) is 0 Å². The maximum absolute atomic E-state index is 9.61. The number of nitrogens with one attached hydrogen (secondary N) is 2. The van der Waals surface area contributed by atoms with E-state index in [4.69, 9.17) is 0 Å². The van der Waals surface area contributed by atoms with Gasteiger partial charge in [-0.2, -0.15) is 0 Å². The van der Waals surface area contributed by atoms with Crippen LogP contribution in [-0.2, 0) is 0 Å². The second-order valence-electron chi connectivity index (χ2n) is 4.15. The maximum atomic E-state index is 9.61. The van der Waals surface area contributed by atoms with E-state index < -0.39 is 12.2 Å². The van der Waals surface area contributed by atoms with E-state index in [0.29, 0.717) is 6.54 Å². The van der Waals surface area contributed by atoms with Crippen LogP contribution in [0.1, 0.15) is 6.42 Å². The molecule has 0 unspecified atom stereocenters. The van der Waals surface area contributed by atoms with Crippen LogP contribution in [0, 0.1) is 0 Å². The minimum atomic E-state index is -0.641. The van der Waals surface area contributed by atoms with Gasteiger partial charge in [0.05, 0.1) is 12.2 Å². The molecule has 1 fully saturated rings. The number of β-amino-alcohol motifs (C(OH)–C–C–N with tert-alkyl or cyclic N) is 1. The molecule has 4 heteroatoms. The predicted molar refractivity (Wildman–Crippen MR) is 63.4 cm³/mol. The summed E-state index contributed by atoms with van der Waals surface area (Å²) < 4.78 is 0. The molecular formula is C12H18N2O2. The number of para-hydroxylation sites is 1. The van der Waals surface area contributed by atoms with Crippen LogP contribution in [0.5, 0.6) is 0 Å². The van der Waals surface area contributed by atoms with Crippen molar-refractivity contribution in [1.29, 1.82) is 0 Å². The highest BCUT2D eigenvalue weighted by atomic mass is 16.3. The van der Waals surface area contributed by atoms with Crippen molar-refractivity contribution in [2.75, 3.05) is 18.4 Å². The molecule has 0 radical (unpaired) electrons. The first-order chi connectivity index (χ1) is 7.77. The smallest absolute Gasteiger partial charge is 0.0964 e. The van der Waals surface area contributed by atoms with Crippen LogP contribution >= 0.6 is 0 Å². The second kappa shape index (κ2) is 5.30. The second-order valence-corrected chi connectivity index (χ2v) is 4.15. The topological polar surface area (TPSA) is 64.5 Å². The molecule has 0 aromatic heterocycles. The molecule has 0 bridgehead atoms. The largest absolute Gasteiger partial charge is 0.389 e. The summed E-state index contributed by atoms with van der Waals surface area (Å²) in [5.41, 5.74) is 1.08. The maximum Gasteiger partial charge on any atom is 0.0964 e. The van der Waals surface area contributed by atoms with E-state index in [2.05, 4.69) is 10.6 Å². The van der Waals surface area contributed by atoms with Crippen LogP contribution in [0.25, 0.3) is 0 Å². The van der Waals surface area contributed by atoms with Crippen LogP contribution in [0.3, 0.4) is 0 Å². The van der Waals surface area contributed by atoms with Crippen molar-refractivity contribution in [2.24, 2.45) is 0 Å². The molecule has 0 amide bonds. The van der Waals surface area contributed by atoms with Crippen molar-refractivity contribution in [1.82, 2.24) is 5.32 Å². The van der Waals surface area contributed by atoms with Gasteiger partial charge in [0.25, 0.3) is 0 Å². The van der Waals surface area contributed by atoms with Crippen molar-refractivity contribution in [3.05, 3.63) is 30.3 Å². The van der Waals surface area contributed by atoms with Crippen molar-refractivity contribution in [3.63, 3.8) is 0 Å². The van der Waals surface area contributed by atoms with Gasteiger partial charge in [-0.3, -0.25) is 0 Å². The van der Waals surface area contributed by atoms with Gasteiger partial charge in [-0.25, -0.2) is 0 Å². The lowest BCUT2D eigenvalue weighted by Gasteiger charge is -2.16. The Morgan fingerprint density at radius 2 is 2.00 bits per heavy atom. The summed E-state index contributed by atoms with van der Waals surface area (Å²) in [4.78, 5) is 0. The first kappa shape index (κ1) is 11.4. The van der Waals surface area contributed by atoms with E-state index in [0.717, 1.165) is 18.7 Å². The Kier molecular flexibility index (Phi) is 3.77. The van der Waals surface area contributed by atoms with Gasteiger partial charge in [0.2, 0.25) is 0 Å². The summed E-state index contributed by atoms with van der Waals surface area (Å²) in [5.74, 6) is 0. The lowest BCUT2D eigenvalue weighted by atomic mass is 10.1. The molecule has 2 rings (SSSR count). The number of rotatable bonds is 4. The fraction of sp³-hybridized carbons (Fsp3) is 0.500. The van der Waals surface area contributed by atoms with Gasteiger partial charge in [-0.1, -0.05) is 18.2 Å². The van der Waals surface area contributed by atoms with Crippen LogP contribution in [-0.4, -0.2) is 41.6 Å². The summed E-state index contributed by atoms with van der Waals surface area (Å²) in [6, 6.07) is 9.94. The van der Waals surface area contributed by atoms with E-state index in [9.17, 15) is 10.2 Å². The highest BCUT2D eigenvalue weighted by molar-refractivity contribution is 5.42. The number of aliphatic hydroxyl groups excluding tert-OH is 2. The molecule has 4 N–H and O–H groups in total. The molecule has 1 aromatic carbocycles. The molecule has 1 aromatic rings. The van der Waals surface area contributed by atoms with E-state index in [1.807, 2.05) is 30.3 Å². The summed E-state index contributed by atoms with van der Waals surface area (Å²) in [6.07, 6.45) is -0.466. The van der Waals surface area contributed by atoms with Gasteiger partial charge in [0.15, 0.2) is 0 Å². The third-order valence-corrected chi connectivity index (χ3v) is 2.95. The lowest BCUT2D eigenvalue weighted by Crippen LogP contribution is -2.34. The SMILES string of the molecule is O[C@H]1[C@@H](O)CN[C@@H]1CCNc1ccccc1. The number of benzene rings is 1. The van der Waals surface area contributed by atoms with E-state index in [1.165, 1.54) is 0 Å². The molecule has 1 saturated heterocycles. The Morgan fingerprint density at radius 1 is 1.25 bits per heavy atom. The number of aliphatic hydroxyl groups is 2. The minimum absolute atomic E-state index is 0.00814. The highest BCUT2D eigenvalue weighted by Gasteiger charge is 2.32. The van der Waals surface area contributed by atoms with E-state index in [-0.39, 0.29) is 6.04 Å². The normalized spacial score (nSPS) is 29.2. The Balaban J connectivity index is 1.73. The average molecular weight is 222 g/mol. The van der Waals surface area contributed by atoms with E-state index >= 15 is 0 Å². The molecule has 88 valence electrons. The van der Waals surface area contributed by atoms with Gasteiger partial charge in [-0.05, 0) is 18.6 Å².